The first-order valence-corrected chi connectivity index (χ1v) is 8.09. The summed E-state index contributed by atoms with van der Waals surface area (Å²) in [7, 11) is 0. The van der Waals surface area contributed by atoms with Crippen molar-refractivity contribution in [3.8, 4) is 0 Å². The molecular formula is C16H21ClN2S. The van der Waals surface area contributed by atoms with Crippen molar-refractivity contribution in [3.05, 3.63) is 51.4 Å². The van der Waals surface area contributed by atoms with Gasteiger partial charge in [0.25, 0.3) is 0 Å². The zero-order valence-electron chi connectivity index (χ0n) is 12.2. The number of aromatic nitrogens is 1. The third-order valence-electron chi connectivity index (χ3n) is 3.12. The van der Waals surface area contributed by atoms with E-state index in [2.05, 4.69) is 43.2 Å². The molecule has 0 fully saturated rings. The van der Waals surface area contributed by atoms with Crippen LogP contribution in [0.25, 0.3) is 0 Å². The lowest BCUT2D eigenvalue weighted by Gasteiger charge is -2.25. The molecule has 0 saturated carbocycles. The minimum absolute atomic E-state index is 0.119. The average Bonchev–Trinajstić information content (AvgIpc) is 2.87. The van der Waals surface area contributed by atoms with E-state index in [-0.39, 0.29) is 5.54 Å². The molecule has 0 spiro atoms. The Kier molecular flexibility index (Phi) is 5.19. The van der Waals surface area contributed by atoms with E-state index in [4.69, 9.17) is 11.6 Å². The van der Waals surface area contributed by atoms with Gasteiger partial charge in [-0.25, -0.2) is 4.98 Å². The summed E-state index contributed by atoms with van der Waals surface area (Å²) in [5, 5.41) is 7.59. The molecule has 1 aromatic heterocycles. The Hall–Kier alpha value is -0.900. The van der Waals surface area contributed by atoms with Crippen molar-refractivity contribution in [2.45, 2.75) is 38.6 Å². The molecule has 1 aromatic carbocycles. The largest absolute Gasteiger partial charge is 0.311 e. The van der Waals surface area contributed by atoms with Crippen molar-refractivity contribution in [1.82, 2.24) is 10.3 Å². The van der Waals surface area contributed by atoms with Crippen LogP contribution in [0.5, 0.6) is 0 Å². The van der Waals surface area contributed by atoms with Crippen molar-refractivity contribution >= 4 is 22.9 Å². The molecule has 0 aliphatic rings. The van der Waals surface area contributed by atoms with Crippen molar-refractivity contribution < 1.29 is 0 Å². The number of hydrogen-bond acceptors (Lipinski definition) is 3. The zero-order chi connectivity index (χ0) is 14.6. The summed E-state index contributed by atoms with van der Waals surface area (Å²) in [5.74, 6) is 0.414. The second-order valence-corrected chi connectivity index (χ2v) is 7.42. The van der Waals surface area contributed by atoms with Crippen molar-refractivity contribution in [1.29, 1.82) is 0 Å². The Morgan fingerprint density at radius 3 is 2.50 bits per heavy atom. The van der Waals surface area contributed by atoms with Crippen LogP contribution in [0.2, 0.25) is 5.02 Å². The maximum atomic E-state index is 5.98. The van der Waals surface area contributed by atoms with Gasteiger partial charge in [-0.05, 0) is 38.5 Å². The predicted molar refractivity (Wildman–Crippen MR) is 87.8 cm³/mol. The van der Waals surface area contributed by atoms with Crippen LogP contribution in [0, 0.1) is 0 Å². The fraction of sp³-hybridized carbons (Fsp3) is 0.438. The molecule has 108 valence electrons. The molecule has 2 aromatic rings. The van der Waals surface area contributed by atoms with Gasteiger partial charge in [0.1, 0.15) is 0 Å². The second-order valence-electron chi connectivity index (χ2n) is 6.01. The van der Waals surface area contributed by atoms with E-state index >= 15 is 0 Å². The van der Waals surface area contributed by atoms with E-state index < -0.39 is 0 Å². The predicted octanol–water partition coefficient (Wildman–Crippen LogP) is 4.51. The fourth-order valence-corrected chi connectivity index (χ4v) is 2.86. The number of nitrogens with one attached hydrogen (secondary N) is 1. The lowest BCUT2D eigenvalue weighted by atomic mass is 9.94. The lowest BCUT2D eigenvalue weighted by Crippen LogP contribution is -2.39. The third-order valence-corrected chi connectivity index (χ3v) is 4.18. The summed E-state index contributed by atoms with van der Waals surface area (Å²) in [4.78, 5) is 4.41. The van der Waals surface area contributed by atoms with Crippen LogP contribution in [0.4, 0.5) is 0 Å². The van der Waals surface area contributed by atoms with Crippen LogP contribution >= 0.6 is 22.9 Å². The smallest absolute Gasteiger partial charge is 0.0931 e. The molecule has 0 amide bonds. The minimum atomic E-state index is 0.119. The normalized spacial score (nSPS) is 13.4. The van der Waals surface area contributed by atoms with E-state index in [0.29, 0.717) is 5.92 Å². The number of benzene rings is 1. The van der Waals surface area contributed by atoms with E-state index in [1.807, 2.05) is 23.7 Å². The van der Waals surface area contributed by atoms with Crippen LogP contribution in [0.1, 0.15) is 37.3 Å². The first-order chi connectivity index (χ1) is 9.44. The maximum absolute atomic E-state index is 5.98. The molecule has 2 nitrogen and oxygen atoms in total. The third kappa shape index (κ3) is 4.89. The Bertz CT molecular complexity index is 514. The summed E-state index contributed by atoms with van der Waals surface area (Å²) in [6.07, 6.45) is 2.83. The van der Waals surface area contributed by atoms with Crippen molar-refractivity contribution in [2.24, 2.45) is 0 Å². The number of rotatable bonds is 5. The van der Waals surface area contributed by atoms with E-state index in [0.717, 1.165) is 18.0 Å². The van der Waals surface area contributed by atoms with E-state index in [9.17, 15) is 0 Å². The average molecular weight is 309 g/mol. The summed E-state index contributed by atoms with van der Waals surface area (Å²) in [6, 6.07) is 8.15. The van der Waals surface area contributed by atoms with Crippen molar-refractivity contribution in [2.75, 3.05) is 6.54 Å². The zero-order valence-corrected chi connectivity index (χ0v) is 13.8. The van der Waals surface area contributed by atoms with E-state index in [1.165, 1.54) is 10.6 Å². The summed E-state index contributed by atoms with van der Waals surface area (Å²) in [5.41, 5.74) is 1.43. The SMILES string of the molecule is CC(C)(C)NCC(Cc1nccs1)c1ccc(Cl)cc1. The number of halogens is 1. The molecule has 0 aliphatic heterocycles. The van der Waals surface area contributed by atoms with Gasteiger partial charge in [0.2, 0.25) is 0 Å². The first kappa shape index (κ1) is 15.5. The molecule has 2 rings (SSSR count). The highest BCUT2D eigenvalue weighted by Gasteiger charge is 2.17. The Morgan fingerprint density at radius 1 is 1.25 bits per heavy atom. The molecule has 1 atom stereocenters. The molecule has 0 saturated heterocycles. The summed E-state index contributed by atoms with van der Waals surface area (Å²) in [6.45, 7) is 7.50. The Balaban J connectivity index is 2.12. The van der Waals surface area contributed by atoms with Crippen LogP contribution in [0.3, 0.4) is 0 Å². The second kappa shape index (κ2) is 6.70. The van der Waals surface area contributed by atoms with Gasteiger partial charge in [-0.1, -0.05) is 23.7 Å². The first-order valence-electron chi connectivity index (χ1n) is 6.83. The summed E-state index contributed by atoms with van der Waals surface area (Å²) >= 11 is 7.70. The molecule has 4 heteroatoms. The highest BCUT2D eigenvalue weighted by molar-refractivity contribution is 7.09. The van der Waals surface area contributed by atoms with Gasteiger partial charge in [-0.2, -0.15) is 0 Å². The van der Waals surface area contributed by atoms with Gasteiger partial charge in [0.05, 0.1) is 5.01 Å². The molecule has 0 aliphatic carbocycles. The number of nitrogens with zero attached hydrogens (tertiary/aromatic N) is 1. The quantitative estimate of drug-likeness (QED) is 0.879. The van der Waals surface area contributed by atoms with Crippen molar-refractivity contribution in [3.63, 3.8) is 0 Å². The Labute approximate surface area is 130 Å². The molecule has 20 heavy (non-hydrogen) atoms. The van der Waals surface area contributed by atoms with Gasteiger partial charge in [0.15, 0.2) is 0 Å². The van der Waals surface area contributed by atoms with Crippen LogP contribution in [-0.2, 0) is 6.42 Å². The van der Waals surface area contributed by atoms with Crippen LogP contribution < -0.4 is 5.32 Å². The van der Waals surface area contributed by atoms with Gasteiger partial charge >= 0.3 is 0 Å². The maximum Gasteiger partial charge on any atom is 0.0931 e. The fourth-order valence-electron chi connectivity index (χ4n) is 2.04. The Morgan fingerprint density at radius 2 is 1.95 bits per heavy atom. The molecular weight excluding hydrogens is 288 g/mol. The van der Waals surface area contributed by atoms with Crippen LogP contribution in [-0.4, -0.2) is 17.1 Å². The highest BCUT2D eigenvalue weighted by Crippen LogP contribution is 2.23. The molecule has 0 radical (unpaired) electrons. The lowest BCUT2D eigenvalue weighted by molar-refractivity contribution is 0.405. The standard InChI is InChI=1S/C16H21ClN2S/c1-16(2,3)19-11-13(10-15-18-8-9-20-15)12-4-6-14(17)7-5-12/h4-9,13,19H,10-11H2,1-3H3. The monoisotopic (exact) mass is 308 g/mol. The summed E-state index contributed by atoms with van der Waals surface area (Å²) < 4.78 is 0. The van der Waals surface area contributed by atoms with E-state index in [1.54, 1.807) is 11.3 Å². The van der Waals surface area contributed by atoms with Gasteiger partial charge < -0.3 is 5.32 Å². The molecule has 1 heterocycles. The molecule has 1 unspecified atom stereocenters. The molecule has 1 N–H and O–H groups in total. The van der Waals surface area contributed by atoms with Gasteiger partial charge in [-0.3, -0.25) is 0 Å². The minimum Gasteiger partial charge on any atom is -0.311 e. The number of hydrogen-bond donors (Lipinski definition) is 1. The number of thiazole rings is 1. The van der Waals surface area contributed by atoms with Crippen LogP contribution in [0.15, 0.2) is 35.8 Å². The van der Waals surface area contributed by atoms with Gasteiger partial charge in [0, 0.05) is 41.0 Å². The topological polar surface area (TPSA) is 24.9 Å². The van der Waals surface area contributed by atoms with Gasteiger partial charge in [-0.15, -0.1) is 11.3 Å². The molecule has 0 bridgehead atoms. The highest BCUT2D eigenvalue weighted by atomic mass is 35.5.